The second-order valence-corrected chi connectivity index (χ2v) is 18.5. The number of aliphatic hydroxyl groups is 1. The van der Waals surface area contributed by atoms with Crippen LogP contribution in [-0.2, 0) is 0 Å². The molecule has 0 radical (unpaired) electrons. The van der Waals surface area contributed by atoms with Gasteiger partial charge in [0.1, 0.15) is 0 Å². The van der Waals surface area contributed by atoms with E-state index in [2.05, 4.69) is 138 Å². The molecule has 222 valence electrons. The number of hydrogen-bond donors (Lipinski definition) is 1. The van der Waals surface area contributed by atoms with E-state index in [0.717, 1.165) is 12.8 Å². The van der Waals surface area contributed by atoms with Gasteiger partial charge in [-0.25, -0.2) is 0 Å². The SMILES string of the molecule is CC(C)c1cccc(C(C)C)c1-c1cccc(-c2c(C(C)C)cccc2C(C)C)c1P1C(C)(C)CC(O)CC1(C)C. The van der Waals surface area contributed by atoms with E-state index in [9.17, 15) is 5.11 Å². The van der Waals surface area contributed by atoms with Gasteiger partial charge in [-0.2, -0.15) is 0 Å². The first-order valence-electron chi connectivity index (χ1n) is 16.0. The van der Waals surface area contributed by atoms with E-state index in [-0.39, 0.29) is 16.4 Å². The molecule has 41 heavy (non-hydrogen) atoms. The molecular formula is C39H55OP. The minimum atomic E-state index is -0.655. The monoisotopic (exact) mass is 570 g/mol. The molecule has 3 aromatic rings. The van der Waals surface area contributed by atoms with Crippen LogP contribution in [0.15, 0.2) is 54.6 Å². The molecule has 1 nitrogen and oxygen atoms in total. The second kappa shape index (κ2) is 12.0. The zero-order valence-electron chi connectivity index (χ0n) is 27.9. The van der Waals surface area contributed by atoms with Crippen molar-refractivity contribution in [3.05, 3.63) is 76.9 Å². The lowest BCUT2D eigenvalue weighted by molar-refractivity contribution is 0.125. The molecule has 3 aromatic carbocycles. The summed E-state index contributed by atoms with van der Waals surface area (Å²) >= 11 is 0. The highest BCUT2D eigenvalue weighted by Crippen LogP contribution is 2.67. The molecular weight excluding hydrogens is 515 g/mol. The third kappa shape index (κ3) is 6.10. The van der Waals surface area contributed by atoms with Crippen molar-refractivity contribution < 1.29 is 5.11 Å². The van der Waals surface area contributed by atoms with Gasteiger partial charge in [-0.15, -0.1) is 0 Å². The van der Waals surface area contributed by atoms with Gasteiger partial charge in [0.25, 0.3) is 0 Å². The van der Waals surface area contributed by atoms with Crippen LogP contribution >= 0.6 is 7.92 Å². The van der Waals surface area contributed by atoms with Gasteiger partial charge in [0.2, 0.25) is 0 Å². The zero-order valence-corrected chi connectivity index (χ0v) is 28.8. The Kier molecular flexibility index (Phi) is 9.34. The normalized spacial score (nSPS) is 20.4. The van der Waals surface area contributed by atoms with Crippen LogP contribution in [-0.4, -0.2) is 21.5 Å². The summed E-state index contributed by atoms with van der Waals surface area (Å²) in [6.45, 7) is 28.4. The third-order valence-electron chi connectivity index (χ3n) is 9.23. The Hall–Kier alpha value is -1.95. The van der Waals surface area contributed by atoms with Crippen molar-refractivity contribution in [3.8, 4) is 22.3 Å². The fourth-order valence-corrected chi connectivity index (χ4v) is 12.2. The van der Waals surface area contributed by atoms with E-state index in [1.807, 2.05) is 0 Å². The minimum absolute atomic E-state index is 0.00309. The van der Waals surface area contributed by atoms with Crippen LogP contribution in [0.2, 0.25) is 0 Å². The Morgan fingerprint density at radius 1 is 0.561 bits per heavy atom. The van der Waals surface area contributed by atoms with Crippen LogP contribution in [0.1, 0.15) is 142 Å². The van der Waals surface area contributed by atoms with Crippen molar-refractivity contribution in [2.24, 2.45) is 0 Å². The van der Waals surface area contributed by atoms with Gasteiger partial charge < -0.3 is 5.11 Å². The summed E-state index contributed by atoms with van der Waals surface area (Å²) in [7, 11) is -0.655. The smallest absolute Gasteiger partial charge is 0.0557 e. The molecule has 0 amide bonds. The van der Waals surface area contributed by atoms with Crippen molar-refractivity contribution >= 4 is 13.2 Å². The predicted octanol–water partition coefficient (Wildman–Crippen LogP) is 11.3. The standard InChI is InChI=1S/C39H55OP/c1-24(2)29-16-13-17-30(25(3)4)35(29)33-20-15-21-34(36-31(26(5)6)18-14-19-32(36)27(7)8)37(33)41-38(9,10)22-28(40)23-39(41,11)12/h13-21,24-28,40H,22-23H2,1-12H3. The lowest BCUT2D eigenvalue weighted by Crippen LogP contribution is -2.45. The van der Waals surface area contributed by atoms with E-state index in [1.54, 1.807) is 5.30 Å². The fraction of sp³-hybridized carbons (Fsp3) is 0.538. The average molecular weight is 571 g/mol. The number of benzene rings is 3. The Balaban J connectivity index is 2.25. The van der Waals surface area contributed by atoms with Gasteiger partial charge >= 0.3 is 0 Å². The van der Waals surface area contributed by atoms with Crippen molar-refractivity contribution in [3.63, 3.8) is 0 Å². The predicted molar refractivity (Wildman–Crippen MR) is 184 cm³/mol. The Labute approximate surface area is 252 Å². The molecule has 0 unspecified atom stereocenters. The molecule has 1 fully saturated rings. The van der Waals surface area contributed by atoms with E-state index in [0.29, 0.717) is 23.7 Å². The summed E-state index contributed by atoms with van der Waals surface area (Å²) in [5.74, 6) is 1.71. The van der Waals surface area contributed by atoms with E-state index in [4.69, 9.17) is 0 Å². The van der Waals surface area contributed by atoms with Crippen LogP contribution in [0, 0.1) is 0 Å². The molecule has 0 atom stereocenters. The van der Waals surface area contributed by atoms with E-state index in [1.165, 1.54) is 44.5 Å². The second-order valence-electron chi connectivity index (χ2n) is 15.0. The van der Waals surface area contributed by atoms with Crippen LogP contribution in [0.4, 0.5) is 0 Å². The Bertz CT molecular complexity index is 1220. The molecule has 2 heteroatoms. The molecule has 0 spiro atoms. The summed E-state index contributed by atoms with van der Waals surface area (Å²) in [6.07, 6.45) is 1.45. The van der Waals surface area contributed by atoms with Crippen molar-refractivity contribution in [2.75, 3.05) is 0 Å². The molecule has 1 N–H and O–H groups in total. The molecule has 0 bridgehead atoms. The summed E-state index contributed by atoms with van der Waals surface area (Å²) in [5.41, 5.74) is 11.5. The highest BCUT2D eigenvalue weighted by Gasteiger charge is 2.49. The van der Waals surface area contributed by atoms with Crippen LogP contribution < -0.4 is 5.30 Å². The number of hydrogen-bond acceptors (Lipinski definition) is 1. The largest absolute Gasteiger partial charge is 0.393 e. The van der Waals surface area contributed by atoms with Crippen LogP contribution in [0.25, 0.3) is 22.3 Å². The quantitative estimate of drug-likeness (QED) is 0.280. The van der Waals surface area contributed by atoms with Gasteiger partial charge in [-0.1, -0.05) is 146 Å². The first-order chi connectivity index (χ1) is 19.1. The molecule has 1 saturated heterocycles. The topological polar surface area (TPSA) is 20.2 Å². The summed E-state index contributed by atoms with van der Waals surface area (Å²) in [4.78, 5) is 0. The van der Waals surface area contributed by atoms with Crippen molar-refractivity contribution in [2.45, 2.75) is 136 Å². The summed E-state index contributed by atoms with van der Waals surface area (Å²) in [5, 5.41) is 12.6. The van der Waals surface area contributed by atoms with Gasteiger partial charge in [0.15, 0.2) is 0 Å². The average Bonchev–Trinajstić information content (AvgIpc) is 2.86. The maximum atomic E-state index is 11.1. The third-order valence-corrected chi connectivity index (χ3v) is 12.9. The van der Waals surface area contributed by atoms with Crippen molar-refractivity contribution in [1.82, 2.24) is 0 Å². The van der Waals surface area contributed by atoms with Gasteiger partial charge in [0, 0.05) is 0 Å². The number of aliphatic hydroxyl groups excluding tert-OH is 1. The first-order valence-corrected chi connectivity index (χ1v) is 17.3. The Morgan fingerprint density at radius 3 is 1.15 bits per heavy atom. The molecule has 4 rings (SSSR count). The van der Waals surface area contributed by atoms with Crippen LogP contribution in [0.3, 0.4) is 0 Å². The van der Waals surface area contributed by atoms with E-state index >= 15 is 0 Å². The summed E-state index contributed by atoms with van der Waals surface area (Å²) < 4.78 is 0. The molecule has 1 heterocycles. The van der Waals surface area contributed by atoms with Gasteiger partial charge in [0.05, 0.1) is 6.10 Å². The molecule has 1 aliphatic rings. The highest BCUT2D eigenvalue weighted by atomic mass is 31.1. The molecule has 0 aromatic heterocycles. The van der Waals surface area contributed by atoms with Gasteiger partial charge in [-0.05, 0) is 96.6 Å². The van der Waals surface area contributed by atoms with E-state index < -0.39 is 7.92 Å². The maximum absolute atomic E-state index is 11.1. The molecule has 1 aliphatic heterocycles. The first kappa shape index (κ1) is 32.0. The maximum Gasteiger partial charge on any atom is 0.0557 e. The fourth-order valence-electron chi connectivity index (χ4n) is 7.74. The lowest BCUT2D eigenvalue weighted by atomic mass is 9.82. The Morgan fingerprint density at radius 2 is 0.854 bits per heavy atom. The highest BCUT2D eigenvalue weighted by molar-refractivity contribution is 7.69. The van der Waals surface area contributed by atoms with Gasteiger partial charge in [-0.3, -0.25) is 0 Å². The lowest BCUT2D eigenvalue weighted by Gasteiger charge is -2.53. The molecule has 0 saturated carbocycles. The van der Waals surface area contributed by atoms with Crippen molar-refractivity contribution in [1.29, 1.82) is 0 Å². The van der Waals surface area contributed by atoms with Crippen LogP contribution in [0.5, 0.6) is 0 Å². The number of rotatable bonds is 7. The minimum Gasteiger partial charge on any atom is -0.393 e. The summed E-state index contributed by atoms with van der Waals surface area (Å²) in [6, 6.07) is 21.1. The zero-order chi connectivity index (χ0) is 30.4. The molecule has 0 aliphatic carbocycles.